The Bertz CT molecular complexity index is 506. The highest BCUT2D eigenvalue weighted by atomic mass is 14.6. The van der Waals surface area contributed by atoms with Gasteiger partial charge in [-0.3, -0.25) is 0 Å². The average molecular weight is 373 g/mol. The van der Waals surface area contributed by atoms with Crippen molar-refractivity contribution in [2.24, 2.45) is 52.3 Å². The molecule has 4 fully saturated rings. The van der Waals surface area contributed by atoms with Crippen LogP contribution in [0.15, 0.2) is 0 Å². The van der Waals surface area contributed by atoms with Crippen molar-refractivity contribution in [2.45, 2.75) is 118 Å². The molecule has 4 saturated carbocycles. The minimum absolute atomic E-state index is 0.677. The van der Waals surface area contributed by atoms with Crippen LogP contribution < -0.4 is 0 Å². The van der Waals surface area contributed by atoms with Crippen LogP contribution in [0.5, 0.6) is 0 Å². The van der Waals surface area contributed by atoms with E-state index in [-0.39, 0.29) is 0 Å². The number of fused-ring (bicyclic) bond motifs is 5. The largest absolute Gasteiger partial charge is 0.0628 e. The minimum Gasteiger partial charge on any atom is -0.0628 e. The molecule has 0 nitrogen and oxygen atoms in total. The van der Waals surface area contributed by atoms with Crippen LogP contribution in [0.1, 0.15) is 118 Å². The molecule has 0 saturated heterocycles. The Morgan fingerprint density at radius 2 is 1.52 bits per heavy atom. The van der Waals surface area contributed by atoms with E-state index in [1.165, 1.54) is 32.1 Å². The van der Waals surface area contributed by atoms with Crippen LogP contribution in [-0.2, 0) is 0 Å². The lowest BCUT2D eigenvalue weighted by molar-refractivity contribution is -0.114. The number of hydrogen-bond acceptors (Lipinski definition) is 0. The molecule has 0 unspecified atom stereocenters. The predicted octanol–water partition coefficient (Wildman–Crippen LogP) is 8.50. The minimum atomic E-state index is 0.677. The second-order valence-electron chi connectivity index (χ2n) is 12.4. The van der Waals surface area contributed by atoms with E-state index in [0.717, 1.165) is 41.4 Å². The summed E-state index contributed by atoms with van der Waals surface area (Å²) in [4.78, 5) is 0. The Morgan fingerprint density at radius 1 is 0.741 bits per heavy atom. The summed E-state index contributed by atoms with van der Waals surface area (Å²) in [7, 11) is 0. The predicted molar refractivity (Wildman–Crippen MR) is 118 cm³/mol. The molecule has 0 aromatic rings. The smallest absolute Gasteiger partial charge is 0.0264 e. The van der Waals surface area contributed by atoms with Crippen LogP contribution in [0.2, 0.25) is 0 Å². The first kappa shape index (κ1) is 20.3. The van der Waals surface area contributed by atoms with Gasteiger partial charge in [0.2, 0.25) is 0 Å². The van der Waals surface area contributed by atoms with Crippen molar-refractivity contribution in [3.05, 3.63) is 0 Å². The molecule has 0 aromatic carbocycles. The van der Waals surface area contributed by atoms with E-state index >= 15 is 0 Å². The van der Waals surface area contributed by atoms with Gasteiger partial charge in [0.25, 0.3) is 0 Å². The average Bonchev–Trinajstić information content (AvgIpc) is 2.98. The van der Waals surface area contributed by atoms with Gasteiger partial charge in [-0.1, -0.05) is 66.7 Å². The summed E-state index contributed by atoms with van der Waals surface area (Å²) < 4.78 is 0. The van der Waals surface area contributed by atoms with Gasteiger partial charge in [-0.15, -0.1) is 0 Å². The SMILES string of the molecule is CC(C)CCC[C@@H](C)[C@H]1CC[C@@H]2[C@H]3CC[C@H]4CCCC[C@]4(C)[C@H]3CC[C@@]21C. The fourth-order valence-corrected chi connectivity index (χ4v) is 9.32. The molecule has 4 aliphatic rings. The molecule has 0 bridgehead atoms. The van der Waals surface area contributed by atoms with Crippen molar-refractivity contribution >= 4 is 0 Å². The Kier molecular flexibility index (Phi) is 5.77. The van der Waals surface area contributed by atoms with Crippen molar-refractivity contribution < 1.29 is 0 Å². The van der Waals surface area contributed by atoms with Crippen LogP contribution in [-0.4, -0.2) is 0 Å². The van der Waals surface area contributed by atoms with Gasteiger partial charge in [0.15, 0.2) is 0 Å². The lowest BCUT2D eigenvalue weighted by atomic mass is 9.44. The maximum Gasteiger partial charge on any atom is -0.0264 e. The number of hydrogen-bond donors (Lipinski definition) is 0. The second kappa shape index (κ2) is 7.68. The first-order chi connectivity index (χ1) is 12.9. The Labute approximate surface area is 170 Å². The van der Waals surface area contributed by atoms with E-state index in [2.05, 4.69) is 34.6 Å². The molecule has 4 aliphatic carbocycles. The van der Waals surface area contributed by atoms with E-state index in [1.54, 1.807) is 51.4 Å². The van der Waals surface area contributed by atoms with E-state index in [0.29, 0.717) is 10.8 Å². The summed E-state index contributed by atoms with van der Waals surface area (Å²) in [5, 5.41) is 0. The van der Waals surface area contributed by atoms with Crippen molar-refractivity contribution in [1.82, 2.24) is 0 Å². The quantitative estimate of drug-likeness (QED) is 0.453. The monoisotopic (exact) mass is 372 g/mol. The van der Waals surface area contributed by atoms with Gasteiger partial charge in [0.05, 0.1) is 0 Å². The molecule has 27 heavy (non-hydrogen) atoms. The topological polar surface area (TPSA) is 0 Å². The van der Waals surface area contributed by atoms with E-state index in [1.807, 2.05) is 0 Å². The molecule has 8 atom stereocenters. The second-order valence-corrected chi connectivity index (χ2v) is 12.4. The van der Waals surface area contributed by atoms with Crippen molar-refractivity contribution in [2.75, 3.05) is 0 Å². The van der Waals surface area contributed by atoms with Crippen LogP contribution in [0, 0.1) is 52.3 Å². The lowest BCUT2D eigenvalue weighted by Crippen LogP contribution is -2.53. The summed E-state index contributed by atoms with van der Waals surface area (Å²) in [6, 6.07) is 0. The molecule has 0 N–H and O–H groups in total. The standard InChI is InChI=1S/C27H48/c1-19(2)9-8-10-20(3)23-14-15-24-22-13-12-21-11-6-7-17-26(21,4)25(22)16-18-27(23,24)5/h19-25H,6-18H2,1-5H3/t20-,21-,22-,23-,24-,25+,26+,27-/m1/s1. The molecule has 0 radical (unpaired) electrons. The molecular weight excluding hydrogens is 324 g/mol. The third-order valence-corrected chi connectivity index (χ3v) is 10.8. The molecule has 0 heterocycles. The molecule has 0 spiro atoms. The Hall–Kier alpha value is 0. The van der Waals surface area contributed by atoms with Crippen LogP contribution in [0.25, 0.3) is 0 Å². The van der Waals surface area contributed by atoms with Crippen molar-refractivity contribution in [3.63, 3.8) is 0 Å². The zero-order chi connectivity index (χ0) is 19.2. The molecule has 156 valence electrons. The Morgan fingerprint density at radius 3 is 2.30 bits per heavy atom. The van der Waals surface area contributed by atoms with E-state index in [9.17, 15) is 0 Å². The summed E-state index contributed by atoms with van der Waals surface area (Å²) in [5.41, 5.74) is 1.39. The zero-order valence-electron chi connectivity index (χ0n) is 19.2. The number of rotatable bonds is 5. The highest BCUT2D eigenvalue weighted by Crippen LogP contribution is 2.68. The maximum atomic E-state index is 2.75. The normalized spacial score (nSPS) is 48.0. The Balaban J connectivity index is 1.46. The van der Waals surface area contributed by atoms with E-state index < -0.39 is 0 Å². The summed E-state index contributed by atoms with van der Waals surface area (Å²) >= 11 is 0. The van der Waals surface area contributed by atoms with Gasteiger partial charge >= 0.3 is 0 Å². The fraction of sp³-hybridized carbons (Fsp3) is 1.00. The first-order valence-corrected chi connectivity index (χ1v) is 12.9. The van der Waals surface area contributed by atoms with Crippen molar-refractivity contribution in [1.29, 1.82) is 0 Å². The van der Waals surface area contributed by atoms with Crippen LogP contribution in [0.4, 0.5) is 0 Å². The van der Waals surface area contributed by atoms with Gasteiger partial charge in [0.1, 0.15) is 0 Å². The van der Waals surface area contributed by atoms with Gasteiger partial charge in [-0.2, -0.15) is 0 Å². The van der Waals surface area contributed by atoms with Gasteiger partial charge in [-0.05, 0) is 104 Å². The third-order valence-electron chi connectivity index (χ3n) is 10.8. The maximum absolute atomic E-state index is 2.75. The first-order valence-electron chi connectivity index (χ1n) is 12.9. The summed E-state index contributed by atoms with van der Waals surface area (Å²) in [6.07, 6.45) is 19.9. The van der Waals surface area contributed by atoms with Gasteiger partial charge in [-0.25, -0.2) is 0 Å². The lowest BCUT2D eigenvalue weighted by Gasteiger charge is -2.61. The van der Waals surface area contributed by atoms with Gasteiger partial charge < -0.3 is 0 Å². The van der Waals surface area contributed by atoms with Crippen LogP contribution >= 0.6 is 0 Å². The summed E-state index contributed by atoms with van der Waals surface area (Å²) in [6.45, 7) is 12.9. The molecule has 4 rings (SSSR count). The molecular formula is C27H48. The third kappa shape index (κ3) is 3.44. The molecule has 0 heteroatoms. The summed E-state index contributed by atoms with van der Waals surface area (Å²) in [5.74, 6) is 7.15. The zero-order valence-corrected chi connectivity index (χ0v) is 19.2. The highest BCUT2D eigenvalue weighted by molar-refractivity contribution is 5.09. The van der Waals surface area contributed by atoms with E-state index in [4.69, 9.17) is 0 Å². The van der Waals surface area contributed by atoms with Crippen LogP contribution in [0.3, 0.4) is 0 Å². The molecule has 0 aliphatic heterocycles. The molecule has 0 amide bonds. The highest BCUT2D eigenvalue weighted by Gasteiger charge is 2.59. The molecule has 0 aromatic heterocycles. The fourth-order valence-electron chi connectivity index (χ4n) is 9.32. The van der Waals surface area contributed by atoms with Crippen molar-refractivity contribution in [3.8, 4) is 0 Å². The van der Waals surface area contributed by atoms with Gasteiger partial charge in [0, 0.05) is 0 Å².